The van der Waals surface area contributed by atoms with Crippen molar-refractivity contribution in [2.75, 3.05) is 19.6 Å². The maximum absolute atomic E-state index is 12.6. The molecule has 0 saturated carbocycles. The number of carbonyl (C=O) groups excluding carboxylic acids is 2. The summed E-state index contributed by atoms with van der Waals surface area (Å²) in [7, 11) is 0. The van der Waals surface area contributed by atoms with E-state index in [0.29, 0.717) is 17.0 Å². The van der Waals surface area contributed by atoms with Crippen molar-refractivity contribution in [1.82, 2.24) is 15.2 Å². The summed E-state index contributed by atoms with van der Waals surface area (Å²) in [6.07, 6.45) is 5.70. The number of hydrogen-bond acceptors (Lipinski definition) is 5. The molecule has 1 aromatic carbocycles. The van der Waals surface area contributed by atoms with Crippen LogP contribution in [0.15, 0.2) is 52.5 Å². The molecule has 5 rings (SSSR count). The average Bonchev–Trinajstić information content (AvgIpc) is 2.69. The van der Waals surface area contributed by atoms with Gasteiger partial charge in [-0.15, -0.1) is 0 Å². The molecule has 3 aliphatic heterocycles. The highest BCUT2D eigenvalue weighted by molar-refractivity contribution is 7.99. The summed E-state index contributed by atoms with van der Waals surface area (Å²) in [6.45, 7) is 4.85. The Hall–Kier alpha value is -2.18. The topological polar surface area (TPSA) is 62.3 Å². The molecule has 0 aliphatic carbocycles. The minimum atomic E-state index is 0.00436. The molecule has 3 saturated heterocycles. The Bertz CT molecular complexity index is 845. The van der Waals surface area contributed by atoms with Crippen LogP contribution in [0.4, 0.5) is 0 Å². The van der Waals surface area contributed by atoms with Gasteiger partial charge in [-0.25, -0.2) is 0 Å². The fourth-order valence-corrected chi connectivity index (χ4v) is 4.70. The molecule has 27 heavy (non-hydrogen) atoms. The maximum Gasteiger partial charge on any atom is 0.251 e. The predicted molar refractivity (Wildman–Crippen MR) is 105 cm³/mol. The summed E-state index contributed by atoms with van der Waals surface area (Å²) in [5.74, 6) is 0.630. The summed E-state index contributed by atoms with van der Waals surface area (Å²) in [5, 5.41) is 3.22. The van der Waals surface area contributed by atoms with Gasteiger partial charge in [0, 0.05) is 45.9 Å². The van der Waals surface area contributed by atoms with Gasteiger partial charge in [0.2, 0.25) is 0 Å². The number of fused-ring (bicyclic) bond motifs is 3. The van der Waals surface area contributed by atoms with Crippen molar-refractivity contribution in [2.45, 2.75) is 35.6 Å². The predicted octanol–water partition coefficient (Wildman–Crippen LogP) is 3.26. The highest BCUT2D eigenvalue weighted by Gasteiger charge is 2.34. The van der Waals surface area contributed by atoms with E-state index in [4.69, 9.17) is 0 Å². The van der Waals surface area contributed by atoms with E-state index in [0.717, 1.165) is 16.3 Å². The maximum atomic E-state index is 12.6. The molecule has 1 amide bonds. The number of rotatable bonds is 5. The van der Waals surface area contributed by atoms with Gasteiger partial charge < -0.3 is 10.2 Å². The largest absolute Gasteiger partial charge is 0.348 e. The summed E-state index contributed by atoms with van der Waals surface area (Å²) >= 11 is 1.53. The van der Waals surface area contributed by atoms with Crippen molar-refractivity contribution in [3.8, 4) is 0 Å². The average molecular weight is 382 g/mol. The normalized spacial score (nSPS) is 23.8. The van der Waals surface area contributed by atoms with Gasteiger partial charge in [-0.2, -0.15) is 0 Å². The van der Waals surface area contributed by atoms with E-state index < -0.39 is 0 Å². The molecule has 1 N–H and O–H groups in total. The molecular weight excluding hydrogens is 358 g/mol. The fourth-order valence-electron chi connectivity index (χ4n) is 3.86. The summed E-state index contributed by atoms with van der Waals surface area (Å²) in [6, 6.07) is 9.72. The smallest absolute Gasteiger partial charge is 0.251 e. The van der Waals surface area contributed by atoms with E-state index in [-0.39, 0.29) is 17.7 Å². The third-order valence-corrected chi connectivity index (χ3v) is 6.41. The van der Waals surface area contributed by atoms with Crippen LogP contribution in [0.25, 0.3) is 0 Å². The van der Waals surface area contributed by atoms with Gasteiger partial charge in [0.15, 0.2) is 5.78 Å². The molecule has 0 radical (unpaired) electrons. The Morgan fingerprint density at radius 3 is 2.44 bits per heavy atom. The SMILES string of the molecule is CC(=O)c1cncc(Sc2ccc(C(=O)NC3CN4CCC3CC4)cc2)c1. The lowest BCUT2D eigenvalue weighted by Gasteiger charge is -2.44. The number of nitrogens with zero attached hydrogens (tertiary/aromatic N) is 2. The Balaban J connectivity index is 1.39. The molecule has 0 spiro atoms. The second-order valence-electron chi connectivity index (χ2n) is 7.31. The van der Waals surface area contributed by atoms with Gasteiger partial charge in [-0.05, 0) is 69.1 Å². The number of ketones is 1. The first-order valence-corrected chi connectivity index (χ1v) is 10.2. The number of pyridine rings is 1. The van der Waals surface area contributed by atoms with Crippen LogP contribution in [0.2, 0.25) is 0 Å². The van der Waals surface area contributed by atoms with Crippen LogP contribution in [0, 0.1) is 5.92 Å². The zero-order chi connectivity index (χ0) is 18.8. The number of aromatic nitrogens is 1. The van der Waals surface area contributed by atoms with Crippen molar-refractivity contribution in [2.24, 2.45) is 5.92 Å². The highest BCUT2D eigenvalue weighted by Crippen LogP contribution is 2.29. The Morgan fingerprint density at radius 1 is 1.07 bits per heavy atom. The van der Waals surface area contributed by atoms with E-state index in [1.165, 1.54) is 44.6 Å². The van der Waals surface area contributed by atoms with Crippen molar-refractivity contribution in [1.29, 1.82) is 0 Å². The number of Topliss-reactive ketones (excluding diaryl/α,β-unsaturated/α-hetero) is 1. The zero-order valence-electron chi connectivity index (χ0n) is 15.4. The van der Waals surface area contributed by atoms with Gasteiger partial charge in [-0.1, -0.05) is 11.8 Å². The lowest BCUT2D eigenvalue weighted by Crippen LogP contribution is -2.57. The molecule has 140 valence electrons. The molecule has 2 bridgehead atoms. The van der Waals surface area contributed by atoms with E-state index >= 15 is 0 Å². The third kappa shape index (κ3) is 4.22. The van der Waals surface area contributed by atoms with Crippen LogP contribution in [0.5, 0.6) is 0 Å². The molecule has 5 nitrogen and oxygen atoms in total. The third-order valence-electron chi connectivity index (χ3n) is 5.44. The fraction of sp³-hybridized carbons (Fsp3) is 0.381. The van der Waals surface area contributed by atoms with Crippen LogP contribution in [-0.4, -0.2) is 47.3 Å². The number of benzene rings is 1. The lowest BCUT2D eigenvalue weighted by atomic mass is 9.84. The molecule has 3 fully saturated rings. The van der Waals surface area contributed by atoms with Crippen molar-refractivity contribution in [3.05, 3.63) is 53.9 Å². The molecule has 3 aliphatic rings. The molecule has 1 atom stereocenters. The molecule has 2 aromatic rings. The second-order valence-corrected chi connectivity index (χ2v) is 8.46. The van der Waals surface area contributed by atoms with Gasteiger partial charge in [0.25, 0.3) is 5.91 Å². The molecular formula is C21H23N3O2S. The number of amides is 1. The first-order valence-electron chi connectivity index (χ1n) is 9.35. The monoisotopic (exact) mass is 381 g/mol. The Morgan fingerprint density at radius 2 is 1.81 bits per heavy atom. The first-order chi connectivity index (χ1) is 13.1. The minimum absolute atomic E-state index is 0.00436. The van der Waals surface area contributed by atoms with Gasteiger partial charge in [-0.3, -0.25) is 14.6 Å². The van der Waals surface area contributed by atoms with Crippen LogP contribution in [0.3, 0.4) is 0 Å². The Labute approximate surface area is 163 Å². The number of hydrogen-bond donors (Lipinski definition) is 1. The van der Waals surface area contributed by atoms with Crippen molar-refractivity contribution in [3.63, 3.8) is 0 Å². The zero-order valence-corrected chi connectivity index (χ0v) is 16.2. The van der Waals surface area contributed by atoms with Crippen LogP contribution in [0.1, 0.15) is 40.5 Å². The van der Waals surface area contributed by atoms with Gasteiger partial charge >= 0.3 is 0 Å². The van der Waals surface area contributed by atoms with E-state index in [9.17, 15) is 9.59 Å². The molecule has 1 aromatic heterocycles. The quantitative estimate of drug-likeness (QED) is 0.806. The first kappa shape index (κ1) is 18.2. The minimum Gasteiger partial charge on any atom is -0.348 e. The summed E-state index contributed by atoms with van der Waals surface area (Å²) in [4.78, 5) is 32.6. The Kier molecular flexibility index (Phi) is 5.27. The van der Waals surface area contributed by atoms with Crippen LogP contribution in [-0.2, 0) is 0 Å². The van der Waals surface area contributed by atoms with E-state index in [1.807, 2.05) is 30.3 Å². The number of piperidine rings is 3. The van der Waals surface area contributed by atoms with Gasteiger partial charge in [0.05, 0.1) is 0 Å². The van der Waals surface area contributed by atoms with Crippen molar-refractivity contribution < 1.29 is 9.59 Å². The lowest BCUT2D eigenvalue weighted by molar-refractivity contribution is 0.0620. The summed E-state index contributed by atoms with van der Waals surface area (Å²) in [5.41, 5.74) is 1.29. The highest BCUT2D eigenvalue weighted by atomic mass is 32.2. The van der Waals surface area contributed by atoms with Crippen LogP contribution >= 0.6 is 11.8 Å². The van der Waals surface area contributed by atoms with E-state index in [2.05, 4.69) is 15.2 Å². The summed E-state index contributed by atoms with van der Waals surface area (Å²) < 4.78 is 0. The van der Waals surface area contributed by atoms with Crippen LogP contribution < -0.4 is 5.32 Å². The number of carbonyl (C=O) groups is 2. The van der Waals surface area contributed by atoms with E-state index in [1.54, 1.807) is 12.4 Å². The van der Waals surface area contributed by atoms with Crippen molar-refractivity contribution >= 4 is 23.5 Å². The number of nitrogens with one attached hydrogen (secondary N) is 1. The second kappa shape index (κ2) is 7.82. The van der Waals surface area contributed by atoms with Gasteiger partial charge in [0.1, 0.15) is 0 Å². The molecule has 4 heterocycles. The molecule has 1 unspecified atom stereocenters. The molecule has 6 heteroatoms. The standard InChI is InChI=1S/C21H23N3O2S/c1-14(25)17-10-19(12-22-11-17)27-18-4-2-16(3-5-18)21(26)23-20-13-24-8-6-15(20)7-9-24/h2-5,10-12,15,20H,6-9,13H2,1H3,(H,23,26).